The van der Waals surface area contributed by atoms with Crippen molar-refractivity contribution in [3.8, 4) is 0 Å². The number of aliphatic carboxylic acids is 1. The molecule has 4 nitrogen and oxygen atoms in total. The molecule has 0 radical (unpaired) electrons. The highest BCUT2D eigenvalue weighted by molar-refractivity contribution is 5.80. The topological polar surface area (TPSA) is 63.6 Å². The number of hydrogen-bond acceptors (Lipinski definition) is 3. The van der Waals surface area contributed by atoms with Crippen LogP contribution in [0.2, 0.25) is 0 Å². The van der Waals surface area contributed by atoms with Gasteiger partial charge in [0, 0.05) is 0 Å². The average Bonchev–Trinajstić information content (AvgIpc) is 1.85. The number of carboxylic acids is 1. The zero-order valence-corrected chi connectivity index (χ0v) is 7.75. The van der Waals surface area contributed by atoms with Crippen LogP contribution in [0.1, 0.15) is 27.7 Å². The number of esters is 1. The lowest BCUT2D eigenvalue weighted by atomic mass is 9.97. The summed E-state index contributed by atoms with van der Waals surface area (Å²) >= 11 is 0. The van der Waals surface area contributed by atoms with Gasteiger partial charge in [-0.2, -0.15) is 0 Å². The maximum Gasteiger partial charge on any atom is 0.344 e. The van der Waals surface area contributed by atoms with Crippen LogP contribution in [-0.2, 0) is 14.3 Å². The highest BCUT2D eigenvalue weighted by atomic mass is 16.6. The average molecular weight is 174 g/mol. The molecule has 0 amide bonds. The monoisotopic (exact) mass is 174 g/mol. The van der Waals surface area contributed by atoms with Crippen molar-refractivity contribution in [3.05, 3.63) is 0 Å². The van der Waals surface area contributed by atoms with Crippen LogP contribution in [0.25, 0.3) is 0 Å². The minimum Gasteiger partial charge on any atom is -0.479 e. The first-order chi connectivity index (χ1) is 5.25. The highest BCUT2D eigenvalue weighted by Gasteiger charge is 2.26. The van der Waals surface area contributed by atoms with E-state index in [1.807, 2.05) is 0 Å². The van der Waals surface area contributed by atoms with Crippen LogP contribution in [0.5, 0.6) is 0 Å². The summed E-state index contributed by atoms with van der Waals surface area (Å²) in [6.07, 6.45) is -1.07. The summed E-state index contributed by atoms with van der Waals surface area (Å²) in [5.41, 5.74) is -0.649. The molecular formula is C8H14O4. The molecule has 4 heteroatoms. The normalized spacial score (nSPS) is 13.7. The molecule has 0 saturated carbocycles. The minimum atomic E-state index is -1.13. The van der Waals surface area contributed by atoms with E-state index in [1.165, 1.54) is 6.92 Å². The van der Waals surface area contributed by atoms with Crippen molar-refractivity contribution in [2.75, 3.05) is 0 Å². The number of carbonyl (C=O) groups excluding carboxylic acids is 1. The van der Waals surface area contributed by atoms with Gasteiger partial charge in [0.05, 0.1) is 5.41 Å². The minimum absolute atomic E-state index is 0.502. The van der Waals surface area contributed by atoms with E-state index in [0.29, 0.717) is 0 Å². The number of ether oxygens (including phenoxy) is 1. The molecule has 1 atom stereocenters. The Morgan fingerprint density at radius 2 is 1.75 bits per heavy atom. The molecule has 12 heavy (non-hydrogen) atoms. The smallest absolute Gasteiger partial charge is 0.344 e. The van der Waals surface area contributed by atoms with Crippen LogP contribution < -0.4 is 0 Å². The lowest BCUT2D eigenvalue weighted by Gasteiger charge is -2.18. The summed E-state index contributed by atoms with van der Waals surface area (Å²) in [7, 11) is 0. The first kappa shape index (κ1) is 10.9. The van der Waals surface area contributed by atoms with Gasteiger partial charge in [0.1, 0.15) is 0 Å². The quantitative estimate of drug-likeness (QED) is 0.635. The van der Waals surface area contributed by atoms with E-state index in [4.69, 9.17) is 5.11 Å². The molecule has 0 aromatic heterocycles. The van der Waals surface area contributed by atoms with Crippen molar-refractivity contribution in [1.29, 1.82) is 0 Å². The number of rotatable bonds is 2. The van der Waals surface area contributed by atoms with Crippen LogP contribution in [-0.4, -0.2) is 23.1 Å². The van der Waals surface area contributed by atoms with E-state index in [1.54, 1.807) is 20.8 Å². The third kappa shape index (κ3) is 3.37. The summed E-state index contributed by atoms with van der Waals surface area (Å²) in [6.45, 7) is 6.34. The van der Waals surface area contributed by atoms with Gasteiger partial charge in [0.2, 0.25) is 0 Å². The summed E-state index contributed by atoms with van der Waals surface area (Å²) in [4.78, 5) is 21.4. The first-order valence-electron chi connectivity index (χ1n) is 3.69. The number of hydrogen-bond donors (Lipinski definition) is 1. The van der Waals surface area contributed by atoms with Crippen molar-refractivity contribution in [2.24, 2.45) is 5.41 Å². The summed E-state index contributed by atoms with van der Waals surface area (Å²) in [5, 5.41) is 8.42. The largest absolute Gasteiger partial charge is 0.479 e. The Bertz CT molecular complexity index is 190. The van der Waals surface area contributed by atoms with Gasteiger partial charge in [-0.1, -0.05) is 0 Å². The fraction of sp³-hybridized carbons (Fsp3) is 0.750. The van der Waals surface area contributed by atoms with Crippen molar-refractivity contribution in [2.45, 2.75) is 33.8 Å². The summed E-state index contributed by atoms with van der Waals surface area (Å²) in [5.74, 6) is -1.63. The van der Waals surface area contributed by atoms with Gasteiger partial charge in [-0.25, -0.2) is 4.79 Å². The van der Waals surface area contributed by atoms with E-state index < -0.39 is 23.5 Å². The SMILES string of the molecule is C[C@@H](OC(=O)C(C)(C)C)C(=O)O. The van der Waals surface area contributed by atoms with Crippen LogP contribution >= 0.6 is 0 Å². The maximum atomic E-state index is 11.1. The third-order valence-corrected chi connectivity index (χ3v) is 1.24. The lowest BCUT2D eigenvalue weighted by Crippen LogP contribution is -2.30. The molecule has 0 aromatic carbocycles. The second-order valence-corrected chi connectivity index (χ2v) is 3.64. The molecular weight excluding hydrogens is 160 g/mol. The molecule has 0 saturated heterocycles. The van der Waals surface area contributed by atoms with Crippen LogP contribution in [0.15, 0.2) is 0 Å². The second kappa shape index (κ2) is 3.56. The Morgan fingerprint density at radius 1 is 1.33 bits per heavy atom. The molecule has 0 fully saturated rings. The Hall–Kier alpha value is -1.06. The molecule has 0 aliphatic heterocycles. The molecule has 0 heterocycles. The van der Waals surface area contributed by atoms with Crippen molar-refractivity contribution in [1.82, 2.24) is 0 Å². The highest BCUT2D eigenvalue weighted by Crippen LogP contribution is 2.16. The van der Waals surface area contributed by atoms with Crippen molar-refractivity contribution < 1.29 is 19.4 Å². The van der Waals surface area contributed by atoms with Crippen molar-refractivity contribution in [3.63, 3.8) is 0 Å². The van der Waals surface area contributed by atoms with Gasteiger partial charge in [-0.3, -0.25) is 4.79 Å². The molecule has 70 valence electrons. The van der Waals surface area contributed by atoms with E-state index in [0.717, 1.165) is 0 Å². The Labute approximate surface area is 71.5 Å². The molecule has 0 aliphatic carbocycles. The van der Waals surface area contributed by atoms with Gasteiger partial charge in [0.15, 0.2) is 6.10 Å². The number of carbonyl (C=O) groups is 2. The number of carboxylic acid groups (broad SMARTS) is 1. The molecule has 1 N–H and O–H groups in total. The summed E-state index contributed by atoms with van der Waals surface area (Å²) < 4.78 is 4.64. The van der Waals surface area contributed by atoms with Gasteiger partial charge >= 0.3 is 11.9 Å². The standard InChI is InChI=1S/C8H14O4/c1-5(6(9)10)12-7(11)8(2,3)4/h5H,1-4H3,(H,9,10)/t5-/m1/s1. The van der Waals surface area contributed by atoms with Crippen LogP contribution in [0.4, 0.5) is 0 Å². The fourth-order valence-electron chi connectivity index (χ4n) is 0.388. The van der Waals surface area contributed by atoms with E-state index in [-0.39, 0.29) is 0 Å². The van der Waals surface area contributed by atoms with Gasteiger partial charge in [-0.15, -0.1) is 0 Å². The third-order valence-electron chi connectivity index (χ3n) is 1.24. The second-order valence-electron chi connectivity index (χ2n) is 3.64. The van der Waals surface area contributed by atoms with Gasteiger partial charge in [0.25, 0.3) is 0 Å². The molecule has 0 aromatic rings. The maximum absolute atomic E-state index is 11.1. The van der Waals surface area contributed by atoms with Crippen molar-refractivity contribution >= 4 is 11.9 Å². The predicted molar refractivity (Wildman–Crippen MR) is 42.6 cm³/mol. The Kier molecular flexibility index (Phi) is 3.24. The van der Waals surface area contributed by atoms with Gasteiger partial charge < -0.3 is 9.84 Å². The Morgan fingerprint density at radius 3 is 2.00 bits per heavy atom. The van der Waals surface area contributed by atoms with E-state index in [2.05, 4.69) is 4.74 Å². The molecule has 0 bridgehead atoms. The molecule has 0 spiro atoms. The van der Waals surface area contributed by atoms with E-state index >= 15 is 0 Å². The first-order valence-corrected chi connectivity index (χ1v) is 3.69. The molecule has 0 aliphatic rings. The lowest BCUT2D eigenvalue weighted by molar-refractivity contribution is -0.168. The predicted octanol–water partition coefficient (Wildman–Crippen LogP) is 1.05. The van der Waals surface area contributed by atoms with Crippen LogP contribution in [0.3, 0.4) is 0 Å². The van der Waals surface area contributed by atoms with Gasteiger partial charge in [-0.05, 0) is 27.7 Å². The molecule has 0 unspecified atom stereocenters. The zero-order valence-electron chi connectivity index (χ0n) is 7.75. The Balaban J connectivity index is 4.11. The van der Waals surface area contributed by atoms with E-state index in [9.17, 15) is 9.59 Å². The summed E-state index contributed by atoms with van der Waals surface area (Å²) in [6, 6.07) is 0. The molecule has 0 rings (SSSR count). The van der Waals surface area contributed by atoms with Crippen LogP contribution in [0, 0.1) is 5.41 Å². The zero-order chi connectivity index (χ0) is 9.94. The fourth-order valence-corrected chi connectivity index (χ4v) is 0.388.